The summed E-state index contributed by atoms with van der Waals surface area (Å²) in [5, 5.41) is 15.5. The molecule has 0 unspecified atom stereocenters. The summed E-state index contributed by atoms with van der Waals surface area (Å²) >= 11 is 6.08. The zero-order valence-electron chi connectivity index (χ0n) is 19.4. The van der Waals surface area contributed by atoms with Crippen molar-refractivity contribution in [2.24, 2.45) is 0 Å². The predicted octanol–water partition coefficient (Wildman–Crippen LogP) is 3.70. The van der Waals surface area contributed by atoms with Gasteiger partial charge in [-0.1, -0.05) is 29.8 Å². The fourth-order valence-electron chi connectivity index (χ4n) is 3.78. The minimum absolute atomic E-state index is 0.0335. The topological polar surface area (TPSA) is 143 Å². The van der Waals surface area contributed by atoms with Crippen molar-refractivity contribution in [2.45, 2.75) is 4.90 Å². The van der Waals surface area contributed by atoms with E-state index in [2.05, 4.69) is 15.0 Å². The maximum atomic E-state index is 12.8. The molecule has 0 aliphatic rings. The summed E-state index contributed by atoms with van der Waals surface area (Å²) in [6, 6.07) is 17.4. The van der Waals surface area contributed by atoms with Gasteiger partial charge in [-0.05, 0) is 42.0 Å². The van der Waals surface area contributed by atoms with Gasteiger partial charge in [0.05, 0.1) is 9.82 Å². The summed E-state index contributed by atoms with van der Waals surface area (Å²) in [6.45, 7) is 1.09. The molecule has 0 aliphatic heterocycles. The van der Waals surface area contributed by atoms with Gasteiger partial charge in [0.1, 0.15) is 12.4 Å². The Kier molecular flexibility index (Phi) is 8.19. The summed E-state index contributed by atoms with van der Waals surface area (Å²) in [6.07, 6.45) is 1.41. The highest BCUT2D eigenvalue weighted by Gasteiger charge is 2.17. The van der Waals surface area contributed by atoms with E-state index in [-0.39, 0.29) is 29.3 Å². The number of nitro groups is 1. The number of pyridine rings is 1. The molecule has 3 aromatic carbocycles. The number of H-pyrrole nitrogens is 1. The maximum Gasteiger partial charge on any atom is 0.270 e. The molecule has 0 spiro atoms. The Bertz CT molecular complexity index is 1610. The van der Waals surface area contributed by atoms with Gasteiger partial charge in [0.2, 0.25) is 10.0 Å². The van der Waals surface area contributed by atoms with Crippen LogP contribution in [0.25, 0.3) is 21.9 Å². The number of fused-ring (bicyclic) bond motifs is 1. The van der Waals surface area contributed by atoms with E-state index in [1.54, 1.807) is 36.4 Å². The zero-order valence-corrected chi connectivity index (χ0v) is 21.0. The van der Waals surface area contributed by atoms with Crippen LogP contribution in [0, 0.1) is 10.1 Å². The second kappa shape index (κ2) is 11.5. The third-order valence-corrected chi connectivity index (χ3v) is 7.26. The molecule has 0 radical (unpaired) electrons. The normalized spacial score (nSPS) is 11.5. The molecule has 0 atom stereocenters. The number of halogens is 1. The standard InChI is InChI=1S/C25H23ClN4O6S/c26-18-4-1-3-17(15-18)22-16-19(30(32)33)7-8-23(22)36-14-13-27-11-12-29-37(34,35)24-6-2-5-21-20(24)9-10-28-25(21)31/h1-10,15-16,27,29H,11-14H2,(H,28,31). The van der Waals surface area contributed by atoms with Crippen LogP contribution in [-0.2, 0) is 10.0 Å². The van der Waals surface area contributed by atoms with Crippen molar-refractivity contribution in [3.63, 3.8) is 0 Å². The molecule has 37 heavy (non-hydrogen) atoms. The minimum atomic E-state index is -3.83. The highest BCUT2D eigenvalue weighted by molar-refractivity contribution is 7.89. The van der Waals surface area contributed by atoms with Crippen molar-refractivity contribution in [3.05, 3.63) is 98.4 Å². The van der Waals surface area contributed by atoms with Crippen molar-refractivity contribution >= 4 is 38.1 Å². The third kappa shape index (κ3) is 6.33. The highest BCUT2D eigenvalue weighted by Crippen LogP contribution is 2.34. The van der Waals surface area contributed by atoms with Gasteiger partial charge in [-0.15, -0.1) is 0 Å². The third-order valence-electron chi connectivity index (χ3n) is 5.50. The monoisotopic (exact) mass is 542 g/mol. The number of nitrogens with one attached hydrogen (secondary N) is 3. The lowest BCUT2D eigenvalue weighted by atomic mass is 10.0. The second-order valence-corrected chi connectivity index (χ2v) is 10.1. The van der Waals surface area contributed by atoms with Gasteiger partial charge in [-0.3, -0.25) is 14.9 Å². The molecule has 12 heteroatoms. The highest BCUT2D eigenvalue weighted by atomic mass is 35.5. The Morgan fingerprint density at radius 3 is 2.57 bits per heavy atom. The van der Waals surface area contributed by atoms with Crippen LogP contribution in [0.5, 0.6) is 5.75 Å². The van der Waals surface area contributed by atoms with Crippen molar-refractivity contribution in [1.29, 1.82) is 0 Å². The van der Waals surface area contributed by atoms with Crippen molar-refractivity contribution in [3.8, 4) is 16.9 Å². The molecule has 0 saturated heterocycles. The lowest BCUT2D eigenvalue weighted by Gasteiger charge is -2.13. The Hall–Kier alpha value is -3.77. The number of nitrogens with zero attached hydrogens (tertiary/aromatic N) is 1. The minimum Gasteiger partial charge on any atom is -0.492 e. The van der Waals surface area contributed by atoms with E-state index in [1.165, 1.54) is 36.5 Å². The van der Waals surface area contributed by atoms with Crippen molar-refractivity contribution < 1.29 is 18.1 Å². The van der Waals surface area contributed by atoms with E-state index in [1.807, 2.05) is 0 Å². The zero-order chi connectivity index (χ0) is 26.4. The van der Waals surface area contributed by atoms with Gasteiger partial charge in [-0.25, -0.2) is 13.1 Å². The summed E-state index contributed by atoms with van der Waals surface area (Å²) in [5.74, 6) is 0.460. The maximum absolute atomic E-state index is 12.8. The van der Waals surface area contributed by atoms with Crippen LogP contribution in [0.1, 0.15) is 0 Å². The molecule has 10 nitrogen and oxygen atoms in total. The summed E-state index contributed by atoms with van der Waals surface area (Å²) in [5.41, 5.74) is 0.800. The first kappa shape index (κ1) is 26.3. The van der Waals surface area contributed by atoms with Crippen molar-refractivity contribution in [1.82, 2.24) is 15.0 Å². The van der Waals surface area contributed by atoms with E-state index in [9.17, 15) is 23.3 Å². The van der Waals surface area contributed by atoms with Crippen LogP contribution in [-0.4, -0.2) is 44.6 Å². The lowest BCUT2D eigenvalue weighted by Crippen LogP contribution is -2.33. The number of hydrogen-bond acceptors (Lipinski definition) is 7. The molecule has 0 saturated carbocycles. The Morgan fingerprint density at radius 1 is 0.973 bits per heavy atom. The quantitative estimate of drug-likeness (QED) is 0.149. The largest absolute Gasteiger partial charge is 0.492 e. The first-order valence-corrected chi connectivity index (χ1v) is 13.1. The van der Waals surface area contributed by atoms with E-state index in [4.69, 9.17) is 16.3 Å². The average molecular weight is 543 g/mol. The summed E-state index contributed by atoms with van der Waals surface area (Å²) < 4.78 is 33.9. The molecule has 0 bridgehead atoms. The predicted molar refractivity (Wildman–Crippen MR) is 142 cm³/mol. The molecule has 0 amide bonds. The number of non-ortho nitro benzene ring substituents is 1. The average Bonchev–Trinajstić information content (AvgIpc) is 2.88. The molecular weight excluding hydrogens is 520 g/mol. The molecule has 1 heterocycles. The van der Waals surface area contributed by atoms with Gasteiger partial charge in [0, 0.05) is 59.3 Å². The summed E-state index contributed by atoms with van der Waals surface area (Å²) in [7, 11) is -3.83. The van der Waals surface area contributed by atoms with Gasteiger partial charge >= 0.3 is 0 Å². The van der Waals surface area contributed by atoms with Gasteiger partial charge < -0.3 is 15.0 Å². The van der Waals surface area contributed by atoms with Gasteiger partial charge in [0.25, 0.3) is 11.2 Å². The molecule has 3 N–H and O–H groups in total. The fraction of sp³-hybridized carbons (Fsp3) is 0.160. The number of rotatable bonds is 11. The van der Waals surface area contributed by atoms with Crippen LogP contribution in [0.15, 0.2) is 82.6 Å². The lowest BCUT2D eigenvalue weighted by molar-refractivity contribution is -0.384. The molecule has 192 valence electrons. The van der Waals surface area contributed by atoms with Crippen molar-refractivity contribution in [2.75, 3.05) is 26.2 Å². The number of aromatic nitrogens is 1. The Balaban J connectivity index is 1.32. The fourth-order valence-corrected chi connectivity index (χ4v) is 5.22. The van der Waals surface area contributed by atoms with Gasteiger partial charge in [-0.2, -0.15) is 0 Å². The smallest absolute Gasteiger partial charge is 0.270 e. The van der Waals surface area contributed by atoms with E-state index >= 15 is 0 Å². The van der Waals surface area contributed by atoms with E-state index < -0.39 is 14.9 Å². The van der Waals surface area contributed by atoms with E-state index in [0.717, 1.165) is 0 Å². The number of benzene rings is 3. The van der Waals surface area contributed by atoms with Gasteiger partial charge in [0.15, 0.2) is 0 Å². The van der Waals surface area contributed by atoms with Crippen LogP contribution in [0.3, 0.4) is 0 Å². The molecular formula is C25H23ClN4O6S. The van der Waals surface area contributed by atoms with Crippen LogP contribution in [0.4, 0.5) is 5.69 Å². The molecule has 0 aliphatic carbocycles. The Morgan fingerprint density at radius 2 is 1.78 bits per heavy atom. The molecule has 0 fully saturated rings. The number of aromatic amines is 1. The van der Waals surface area contributed by atoms with Crippen LogP contribution >= 0.6 is 11.6 Å². The number of nitro benzene ring substituents is 1. The first-order chi connectivity index (χ1) is 17.8. The SMILES string of the molecule is O=c1[nH]ccc2c(S(=O)(=O)NCCNCCOc3ccc([N+](=O)[O-])cc3-c3cccc(Cl)c3)cccc12. The first-order valence-electron chi connectivity index (χ1n) is 11.2. The van der Waals surface area contributed by atoms with Crippen LogP contribution in [0.2, 0.25) is 5.02 Å². The molecule has 4 rings (SSSR count). The van der Waals surface area contributed by atoms with Crippen LogP contribution < -0.4 is 20.3 Å². The molecule has 4 aromatic rings. The Labute approximate surface area is 217 Å². The second-order valence-electron chi connectivity index (χ2n) is 7.97. The van der Waals surface area contributed by atoms with E-state index in [0.29, 0.717) is 45.8 Å². The number of sulfonamides is 1. The molecule has 1 aromatic heterocycles. The number of hydrogen-bond donors (Lipinski definition) is 3. The number of ether oxygens (including phenoxy) is 1. The summed E-state index contributed by atoms with van der Waals surface area (Å²) in [4.78, 5) is 25.3.